The number of benzene rings is 3. The second-order valence-electron chi connectivity index (χ2n) is 11.0. The Bertz CT molecular complexity index is 1500. The molecule has 0 spiro atoms. The van der Waals surface area contributed by atoms with Gasteiger partial charge in [-0.3, -0.25) is 13.9 Å². The van der Waals surface area contributed by atoms with Gasteiger partial charge in [-0.1, -0.05) is 72.1 Å². The number of hydrogen-bond acceptors (Lipinski definition) is 4. The maximum Gasteiger partial charge on any atom is 0.264 e. The number of carbonyl (C=O) groups excluding carboxylic acids is 2. The Morgan fingerprint density at radius 3 is 2.10 bits per heavy atom. The molecule has 7 nitrogen and oxygen atoms in total. The Morgan fingerprint density at radius 1 is 0.902 bits per heavy atom. The fourth-order valence-corrected chi connectivity index (χ4v) is 6.24. The molecule has 0 saturated heterocycles. The molecule has 0 radical (unpaired) electrons. The maximum atomic E-state index is 14.2. The van der Waals surface area contributed by atoms with Crippen molar-refractivity contribution in [2.45, 2.75) is 71.0 Å². The summed E-state index contributed by atoms with van der Waals surface area (Å²) in [6.07, 6.45) is 0.305. The van der Waals surface area contributed by atoms with E-state index in [1.165, 1.54) is 17.0 Å². The number of halogens is 2. The van der Waals surface area contributed by atoms with E-state index in [0.29, 0.717) is 27.6 Å². The van der Waals surface area contributed by atoms with E-state index in [1.54, 1.807) is 61.5 Å². The van der Waals surface area contributed by atoms with E-state index < -0.39 is 34.1 Å². The quantitative estimate of drug-likeness (QED) is 0.280. The van der Waals surface area contributed by atoms with Crippen LogP contribution in [0, 0.1) is 13.8 Å². The Labute approximate surface area is 253 Å². The molecule has 0 aliphatic rings. The Kier molecular flexibility index (Phi) is 10.5. The van der Waals surface area contributed by atoms with Crippen LogP contribution in [0.5, 0.6) is 0 Å². The summed E-state index contributed by atoms with van der Waals surface area (Å²) in [4.78, 5) is 29.1. The van der Waals surface area contributed by atoms with Gasteiger partial charge < -0.3 is 10.2 Å². The van der Waals surface area contributed by atoms with Crippen molar-refractivity contribution in [1.82, 2.24) is 10.2 Å². The lowest BCUT2D eigenvalue weighted by Gasteiger charge is -2.35. The van der Waals surface area contributed by atoms with E-state index in [9.17, 15) is 18.0 Å². The fraction of sp³-hybridized carbons (Fsp3) is 0.355. The minimum atomic E-state index is -4.20. The van der Waals surface area contributed by atoms with Gasteiger partial charge in [0.15, 0.2) is 0 Å². The molecule has 0 saturated carbocycles. The molecule has 3 aromatic rings. The van der Waals surface area contributed by atoms with Crippen LogP contribution in [0.2, 0.25) is 10.0 Å². The van der Waals surface area contributed by atoms with Gasteiger partial charge in [0.05, 0.1) is 10.6 Å². The summed E-state index contributed by atoms with van der Waals surface area (Å²) in [6, 6.07) is 17.5. The van der Waals surface area contributed by atoms with E-state index in [-0.39, 0.29) is 23.0 Å². The number of nitrogens with one attached hydrogen (secondary N) is 1. The van der Waals surface area contributed by atoms with Crippen molar-refractivity contribution in [1.29, 1.82) is 0 Å². The van der Waals surface area contributed by atoms with Crippen molar-refractivity contribution in [2.75, 3.05) is 10.8 Å². The van der Waals surface area contributed by atoms with Crippen molar-refractivity contribution in [3.63, 3.8) is 0 Å². The lowest BCUT2D eigenvalue weighted by atomic mass is 10.1. The highest BCUT2D eigenvalue weighted by molar-refractivity contribution is 7.92. The summed E-state index contributed by atoms with van der Waals surface area (Å²) >= 11 is 12.8. The molecule has 1 atom stereocenters. The van der Waals surface area contributed by atoms with E-state index in [0.717, 1.165) is 9.87 Å². The monoisotopic (exact) mass is 617 g/mol. The summed E-state index contributed by atoms with van der Waals surface area (Å²) in [5.74, 6) is -0.900. The van der Waals surface area contributed by atoms with Crippen molar-refractivity contribution in [3.8, 4) is 0 Å². The van der Waals surface area contributed by atoms with Gasteiger partial charge in [0.1, 0.15) is 12.6 Å². The molecular formula is C31H37Cl2N3O4S. The molecule has 3 rings (SSSR count). The van der Waals surface area contributed by atoms with Gasteiger partial charge >= 0.3 is 0 Å². The van der Waals surface area contributed by atoms with Crippen molar-refractivity contribution in [3.05, 3.63) is 93.5 Å². The first-order chi connectivity index (χ1) is 19.2. The summed E-state index contributed by atoms with van der Waals surface area (Å²) in [5.41, 5.74) is 1.77. The summed E-state index contributed by atoms with van der Waals surface area (Å²) in [5, 5.41) is 3.75. The summed E-state index contributed by atoms with van der Waals surface area (Å²) < 4.78 is 29.2. The highest BCUT2D eigenvalue weighted by atomic mass is 35.5. The van der Waals surface area contributed by atoms with Crippen LogP contribution in [-0.2, 0) is 26.2 Å². The van der Waals surface area contributed by atoms with E-state index >= 15 is 0 Å². The average Bonchev–Trinajstić information content (AvgIpc) is 2.89. The average molecular weight is 619 g/mol. The van der Waals surface area contributed by atoms with Crippen LogP contribution >= 0.6 is 23.2 Å². The molecule has 3 aromatic carbocycles. The van der Waals surface area contributed by atoms with E-state index in [1.807, 2.05) is 34.6 Å². The molecule has 0 fully saturated rings. The summed E-state index contributed by atoms with van der Waals surface area (Å²) in [7, 11) is -4.20. The molecule has 0 aromatic heterocycles. The number of carbonyl (C=O) groups is 2. The minimum absolute atomic E-state index is 0.0154. The Morgan fingerprint density at radius 2 is 1.51 bits per heavy atom. The Balaban J connectivity index is 2.13. The molecule has 0 bridgehead atoms. The van der Waals surface area contributed by atoms with Gasteiger partial charge in [-0.05, 0) is 82.5 Å². The lowest BCUT2D eigenvalue weighted by Crippen LogP contribution is -2.55. The van der Waals surface area contributed by atoms with Crippen LogP contribution in [0.25, 0.3) is 0 Å². The van der Waals surface area contributed by atoms with Gasteiger partial charge in [-0.15, -0.1) is 0 Å². The fourth-order valence-electron chi connectivity index (χ4n) is 4.40. The van der Waals surface area contributed by atoms with Crippen LogP contribution in [0.1, 0.15) is 50.8 Å². The van der Waals surface area contributed by atoms with Crippen LogP contribution in [-0.4, -0.2) is 43.3 Å². The highest BCUT2D eigenvalue weighted by Gasteiger charge is 2.35. The van der Waals surface area contributed by atoms with Crippen LogP contribution < -0.4 is 9.62 Å². The number of sulfonamides is 1. The molecule has 0 unspecified atom stereocenters. The highest BCUT2D eigenvalue weighted by Crippen LogP contribution is 2.31. The predicted molar refractivity (Wildman–Crippen MR) is 166 cm³/mol. The second kappa shape index (κ2) is 13.3. The van der Waals surface area contributed by atoms with Gasteiger partial charge in [0.2, 0.25) is 11.8 Å². The molecular weight excluding hydrogens is 581 g/mol. The zero-order valence-electron chi connectivity index (χ0n) is 24.2. The maximum absolute atomic E-state index is 14.2. The molecule has 220 valence electrons. The molecule has 10 heteroatoms. The number of nitrogens with zero attached hydrogens (tertiary/aromatic N) is 2. The molecule has 1 N–H and O–H groups in total. The zero-order chi connectivity index (χ0) is 30.5. The van der Waals surface area contributed by atoms with Gasteiger partial charge in [-0.25, -0.2) is 8.42 Å². The van der Waals surface area contributed by atoms with Gasteiger partial charge in [0.25, 0.3) is 10.0 Å². The molecule has 2 amide bonds. The van der Waals surface area contributed by atoms with E-state index in [2.05, 4.69) is 5.32 Å². The first-order valence-corrected chi connectivity index (χ1v) is 15.5. The first kappa shape index (κ1) is 32.4. The number of rotatable bonds is 10. The van der Waals surface area contributed by atoms with Crippen molar-refractivity contribution in [2.24, 2.45) is 0 Å². The normalized spacial score (nSPS) is 12.5. The van der Waals surface area contributed by atoms with E-state index in [4.69, 9.17) is 23.2 Å². The zero-order valence-corrected chi connectivity index (χ0v) is 26.6. The number of amides is 2. The smallest absolute Gasteiger partial charge is 0.264 e. The number of anilines is 1. The second-order valence-corrected chi connectivity index (χ2v) is 13.7. The standard InChI is InChI=1S/C31H37Cl2N3O4S/c1-7-27(30(38)34-31(4,5)6)35(19-23-11-8-9-12-26(23)33)29(37)20-36(28-14-10-13-25(32)22(28)3)41(39,40)24-17-15-21(2)16-18-24/h8-18,27H,7,19-20H2,1-6H3,(H,34,38)/t27-/m0/s1. The van der Waals surface area contributed by atoms with Crippen LogP contribution in [0.4, 0.5) is 5.69 Å². The predicted octanol–water partition coefficient (Wildman–Crippen LogP) is 6.53. The van der Waals surface area contributed by atoms with Gasteiger partial charge in [0, 0.05) is 22.1 Å². The third-order valence-electron chi connectivity index (χ3n) is 6.58. The lowest BCUT2D eigenvalue weighted by molar-refractivity contribution is -0.141. The van der Waals surface area contributed by atoms with Crippen molar-refractivity contribution >= 4 is 50.7 Å². The first-order valence-electron chi connectivity index (χ1n) is 13.3. The molecule has 0 heterocycles. The SMILES string of the molecule is CC[C@@H](C(=O)NC(C)(C)C)N(Cc1ccccc1Cl)C(=O)CN(c1cccc(Cl)c1C)S(=O)(=O)c1ccc(C)cc1. The number of hydrogen-bond donors (Lipinski definition) is 1. The summed E-state index contributed by atoms with van der Waals surface area (Å²) in [6.45, 7) is 10.4. The molecule has 41 heavy (non-hydrogen) atoms. The topological polar surface area (TPSA) is 86.8 Å². The third-order valence-corrected chi connectivity index (χ3v) is 9.13. The molecule has 0 aliphatic heterocycles. The minimum Gasteiger partial charge on any atom is -0.350 e. The van der Waals surface area contributed by atoms with Crippen molar-refractivity contribution < 1.29 is 18.0 Å². The third kappa shape index (κ3) is 8.03. The van der Waals surface area contributed by atoms with Gasteiger partial charge in [-0.2, -0.15) is 0 Å². The number of aryl methyl sites for hydroxylation is 1. The Hall–Kier alpha value is -3.07. The largest absolute Gasteiger partial charge is 0.350 e. The molecule has 0 aliphatic carbocycles. The van der Waals surface area contributed by atoms with Crippen LogP contribution in [0.15, 0.2) is 71.6 Å². The van der Waals surface area contributed by atoms with Crippen LogP contribution in [0.3, 0.4) is 0 Å².